The van der Waals surface area contributed by atoms with Gasteiger partial charge in [0.2, 0.25) is 0 Å². The number of aromatic hydroxyl groups is 1. The molecular formula is C25H37NO3S. The molecule has 1 aliphatic carbocycles. The van der Waals surface area contributed by atoms with E-state index in [9.17, 15) is 18.8 Å². The Hall–Kier alpha value is -1.80. The lowest BCUT2D eigenvalue weighted by Gasteiger charge is -2.28. The van der Waals surface area contributed by atoms with Crippen LogP contribution in [0.2, 0.25) is 0 Å². The molecule has 166 valence electrons. The number of hydrogen-bond donors (Lipinski definition) is 1. The van der Waals surface area contributed by atoms with E-state index in [4.69, 9.17) is 0 Å². The third kappa shape index (κ3) is 5.66. The van der Waals surface area contributed by atoms with Gasteiger partial charge in [0.15, 0.2) is 9.84 Å². The van der Waals surface area contributed by atoms with Gasteiger partial charge in [0.05, 0.1) is 5.25 Å². The van der Waals surface area contributed by atoms with E-state index in [-0.39, 0.29) is 21.5 Å². The van der Waals surface area contributed by atoms with Crippen LogP contribution in [-0.4, -0.2) is 18.8 Å². The summed E-state index contributed by atoms with van der Waals surface area (Å²) in [5.41, 5.74) is 1.51. The van der Waals surface area contributed by atoms with Crippen LogP contribution in [0.5, 0.6) is 5.75 Å². The van der Waals surface area contributed by atoms with Crippen LogP contribution >= 0.6 is 0 Å². The SMILES string of the molecule is CC(C)(C)c1cc(C=C(C#N)S(=O)(=O)C2CCCCCCC2)cc(C(C)(C)C)c1O. The second-order valence-electron chi connectivity index (χ2n) is 10.6. The summed E-state index contributed by atoms with van der Waals surface area (Å²) in [7, 11) is -3.68. The van der Waals surface area contributed by atoms with Gasteiger partial charge in [0.25, 0.3) is 0 Å². The van der Waals surface area contributed by atoms with Crippen LogP contribution in [0.15, 0.2) is 17.0 Å². The van der Waals surface area contributed by atoms with Crippen molar-refractivity contribution in [3.63, 3.8) is 0 Å². The summed E-state index contributed by atoms with van der Waals surface area (Å²) >= 11 is 0. The largest absolute Gasteiger partial charge is 0.507 e. The molecule has 0 radical (unpaired) electrons. The lowest BCUT2D eigenvalue weighted by molar-refractivity contribution is 0.423. The number of hydrogen-bond acceptors (Lipinski definition) is 4. The summed E-state index contributed by atoms with van der Waals surface area (Å²) < 4.78 is 26.6. The molecule has 1 N–H and O–H groups in total. The molecule has 0 bridgehead atoms. The van der Waals surface area contributed by atoms with Gasteiger partial charge < -0.3 is 5.11 Å². The van der Waals surface area contributed by atoms with Gasteiger partial charge in [-0.15, -0.1) is 0 Å². The number of phenolic OH excluding ortho intramolecular Hbond substituents is 1. The molecule has 0 unspecified atom stereocenters. The molecule has 0 atom stereocenters. The average molecular weight is 432 g/mol. The molecule has 0 aromatic heterocycles. The molecule has 0 spiro atoms. The fourth-order valence-corrected chi connectivity index (χ4v) is 5.86. The molecule has 1 aromatic rings. The molecule has 1 aliphatic rings. The highest BCUT2D eigenvalue weighted by molar-refractivity contribution is 7.96. The van der Waals surface area contributed by atoms with Gasteiger partial charge >= 0.3 is 0 Å². The van der Waals surface area contributed by atoms with E-state index < -0.39 is 15.1 Å². The third-order valence-electron chi connectivity index (χ3n) is 5.95. The van der Waals surface area contributed by atoms with Gasteiger partial charge in [0.1, 0.15) is 16.7 Å². The van der Waals surface area contributed by atoms with Crippen molar-refractivity contribution in [2.45, 2.75) is 103 Å². The van der Waals surface area contributed by atoms with E-state index in [0.717, 1.165) is 43.2 Å². The minimum atomic E-state index is -3.68. The molecule has 5 heteroatoms. The van der Waals surface area contributed by atoms with Crippen LogP contribution < -0.4 is 0 Å². The van der Waals surface area contributed by atoms with Gasteiger partial charge in [-0.3, -0.25) is 0 Å². The van der Waals surface area contributed by atoms with E-state index in [1.54, 1.807) is 0 Å². The Morgan fingerprint density at radius 3 is 1.80 bits per heavy atom. The fourth-order valence-electron chi connectivity index (χ4n) is 4.12. The predicted molar refractivity (Wildman–Crippen MR) is 124 cm³/mol. The highest BCUT2D eigenvalue weighted by atomic mass is 32.2. The van der Waals surface area contributed by atoms with Crippen molar-refractivity contribution in [1.29, 1.82) is 5.26 Å². The number of sulfone groups is 1. The molecule has 1 fully saturated rings. The van der Waals surface area contributed by atoms with Crippen LogP contribution in [0.4, 0.5) is 0 Å². The molecule has 0 amide bonds. The topological polar surface area (TPSA) is 78.2 Å². The van der Waals surface area contributed by atoms with Crippen LogP contribution in [-0.2, 0) is 20.7 Å². The van der Waals surface area contributed by atoms with Crippen LogP contribution in [0.1, 0.15) is 103 Å². The number of nitrogens with zero attached hydrogens (tertiary/aromatic N) is 1. The quantitative estimate of drug-likeness (QED) is 0.563. The van der Waals surface area contributed by atoms with Crippen molar-refractivity contribution in [2.24, 2.45) is 0 Å². The standard InChI is InChI=1S/C25H37NO3S/c1-24(2,3)21-15-18(16-22(23(21)27)25(4,5)6)14-20(17-26)30(28,29)19-12-10-8-7-9-11-13-19/h14-16,19,27H,7-13H2,1-6H3. The Kier molecular flexibility index (Phi) is 7.45. The fraction of sp³-hybridized carbons (Fsp3) is 0.640. The van der Waals surface area contributed by atoms with Crippen LogP contribution in [0.3, 0.4) is 0 Å². The van der Waals surface area contributed by atoms with Gasteiger partial charge in [-0.1, -0.05) is 73.6 Å². The highest BCUT2D eigenvalue weighted by Gasteiger charge is 2.31. The first-order chi connectivity index (χ1) is 13.8. The number of nitriles is 1. The molecule has 0 aliphatic heterocycles. The van der Waals surface area contributed by atoms with E-state index in [1.807, 2.05) is 59.7 Å². The lowest BCUT2D eigenvalue weighted by atomic mass is 9.78. The summed E-state index contributed by atoms with van der Waals surface area (Å²) in [4.78, 5) is -0.168. The zero-order valence-corrected chi connectivity index (χ0v) is 20.2. The summed E-state index contributed by atoms with van der Waals surface area (Å²) in [5.74, 6) is 0.244. The van der Waals surface area contributed by atoms with Crippen molar-refractivity contribution in [3.05, 3.63) is 33.7 Å². The van der Waals surface area contributed by atoms with Crippen LogP contribution in [0, 0.1) is 11.3 Å². The first-order valence-electron chi connectivity index (χ1n) is 11.0. The summed E-state index contributed by atoms with van der Waals surface area (Å²) in [6.07, 6.45) is 7.80. The molecular weight excluding hydrogens is 394 g/mol. The van der Waals surface area contributed by atoms with Crippen molar-refractivity contribution < 1.29 is 13.5 Å². The van der Waals surface area contributed by atoms with Crippen LogP contribution in [0.25, 0.3) is 6.08 Å². The third-order valence-corrected chi connectivity index (χ3v) is 8.13. The van der Waals surface area contributed by atoms with Crippen molar-refractivity contribution in [1.82, 2.24) is 0 Å². The molecule has 0 saturated heterocycles. The van der Waals surface area contributed by atoms with Crippen molar-refractivity contribution in [3.8, 4) is 11.8 Å². The maximum absolute atomic E-state index is 13.3. The van der Waals surface area contributed by atoms with Gasteiger partial charge in [-0.25, -0.2) is 8.42 Å². The Morgan fingerprint density at radius 2 is 1.40 bits per heavy atom. The normalized spacial score (nSPS) is 17.8. The minimum Gasteiger partial charge on any atom is -0.507 e. The van der Waals surface area contributed by atoms with Gasteiger partial charge in [0, 0.05) is 11.1 Å². The first kappa shape index (κ1) is 24.5. The summed E-state index contributed by atoms with van der Waals surface area (Å²) in [5, 5.41) is 20.2. The molecule has 30 heavy (non-hydrogen) atoms. The summed E-state index contributed by atoms with van der Waals surface area (Å²) in [6.45, 7) is 12.1. The smallest absolute Gasteiger partial charge is 0.191 e. The zero-order chi connectivity index (χ0) is 22.7. The molecule has 2 rings (SSSR count). The molecule has 4 nitrogen and oxygen atoms in total. The number of allylic oxidation sites excluding steroid dienone is 1. The van der Waals surface area contributed by atoms with Crippen molar-refractivity contribution >= 4 is 15.9 Å². The molecule has 0 heterocycles. The van der Waals surface area contributed by atoms with Crippen molar-refractivity contribution in [2.75, 3.05) is 0 Å². The minimum absolute atomic E-state index is 0.168. The van der Waals surface area contributed by atoms with E-state index in [2.05, 4.69) is 0 Å². The monoisotopic (exact) mass is 431 g/mol. The maximum atomic E-state index is 13.3. The highest BCUT2D eigenvalue weighted by Crippen LogP contribution is 2.40. The Morgan fingerprint density at radius 1 is 0.967 bits per heavy atom. The Balaban J connectivity index is 2.59. The zero-order valence-electron chi connectivity index (χ0n) is 19.4. The predicted octanol–water partition coefficient (Wildman–Crippen LogP) is 6.38. The summed E-state index contributed by atoms with van der Waals surface area (Å²) in [6, 6.07) is 5.60. The van der Waals surface area contributed by atoms with E-state index in [1.165, 1.54) is 6.08 Å². The van der Waals surface area contributed by atoms with E-state index in [0.29, 0.717) is 18.4 Å². The second kappa shape index (κ2) is 9.14. The Labute approximate surface area is 182 Å². The maximum Gasteiger partial charge on any atom is 0.191 e. The second-order valence-corrected chi connectivity index (χ2v) is 12.8. The Bertz CT molecular complexity index is 895. The molecule has 1 saturated carbocycles. The van der Waals surface area contributed by atoms with Gasteiger partial charge in [-0.2, -0.15) is 5.26 Å². The van der Waals surface area contributed by atoms with Gasteiger partial charge in [-0.05, 0) is 47.4 Å². The lowest BCUT2D eigenvalue weighted by Crippen LogP contribution is -2.23. The molecule has 1 aromatic carbocycles. The number of rotatable bonds is 3. The average Bonchev–Trinajstić information content (AvgIpc) is 2.57. The first-order valence-corrected chi connectivity index (χ1v) is 12.6. The number of benzene rings is 1. The van der Waals surface area contributed by atoms with E-state index >= 15 is 0 Å². The number of phenols is 1.